The first-order valence-corrected chi connectivity index (χ1v) is 13.0. The fourth-order valence-corrected chi connectivity index (χ4v) is 19.6. The Hall–Kier alpha value is 1.15. The van der Waals surface area contributed by atoms with Gasteiger partial charge >= 0.3 is 0 Å². The number of rotatable bonds is 3. The van der Waals surface area contributed by atoms with E-state index in [2.05, 4.69) is 39.3 Å². The SMILES string of the molecule is C[Si](C)(C)C([P-]Cl)[Si](C)(C)C. The second kappa shape index (κ2) is 3.91. The Morgan fingerprint density at radius 1 is 0.909 bits per heavy atom. The summed E-state index contributed by atoms with van der Waals surface area (Å²) in [5.41, 5.74) is 0. The van der Waals surface area contributed by atoms with Gasteiger partial charge < -0.3 is 19.2 Å². The zero-order valence-corrected chi connectivity index (χ0v) is 12.1. The summed E-state index contributed by atoms with van der Waals surface area (Å²) in [5.74, 6) is 0. The minimum absolute atomic E-state index is 0.830. The van der Waals surface area contributed by atoms with Crippen molar-refractivity contribution >= 4 is 35.3 Å². The van der Waals surface area contributed by atoms with Gasteiger partial charge in [0.05, 0.1) is 0 Å². The first kappa shape index (κ1) is 12.2. The number of hydrogen-bond acceptors (Lipinski definition) is 0. The lowest BCUT2D eigenvalue weighted by Gasteiger charge is -2.45. The van der Waals surface area contributed by atoms with Crippen molar-refractivity contribution in [1.82, 2.24) is 0 Å². The van der Waals surface area contributed by atoms with Crippen LogP contribution < -0.4 is 0 Å². The van der Waals surface area contributed by atoms with E-state index >= 15 is 0 Å². The van der Waals surface area contributed by atoms with E-state index < -0.39 is 16.1 Å². The van der Waals surface area contributed by atoms with Crippen LogP contribution in [0.15, 0.2) is 0 Å². The summed E-state index contributed by atoms with van der Waals surface area (Å²) in [7, 11) is -0.896. The highest BCUT2D eigenvalue weighted by atomic mass is 35.7. The molecule has 0 N–H and O–H groups in total. The Labute approximate surface area is 79.7 Å². The van der Waals surface area contributed by atoms with Crippen LogP contribution in [0, 0.1) is 0 Å². The van der Waals surface area contributed by atoms with E-state index in [1.807, 2.05) is 0 Å². The Kier molecular flexibility index (Phi) is 4.32. The summed E-state index contributed by atoms with van der Waals surface area (Å²) in [4.78, 5) is 0.830. The number of halogens is 1. The standard InChI is InChI=1S/C7H19ClPSi2/c1-10(2,3)7(9-8)11(4,5)6/h7H,1-6H3/q-1. The van der Waals surface area contributed by atoms with Crippen molar-refractivity contribution in [3.8, 4) is 0 Å². The molecule has 0 aliphatic carbocycles. The molecule has 0 nitrogen and oxygen atoms in total. The number of hydrogen-bond donors (Lipinski definition) is 0. The summed E-state index contributed by atoms with van der Waals surface area (Å²) in [6.45, 7) is 14.5. The molecule has 0 unspecified atom stereocenters. The van der Waals surface area contributed by atoms with Crippen LogP contribution in [0.25, 0.3) is 0 Å². The molecule has 0 amide bonds. The lowest BCUT2D eigenvalue weighted by atomic mass is 11.7. The Balaban J connectivity index is 4.43. The van der Waals surface area contributed by atoms with Crippen LogP contribution in [0.3, 0.4) is 0 Å². The maximum Gasteiger partial charge on any atom is 0.0176 e. The van der Waals surface area contributed by atoms with Gasteiger partial charge in [0.2, 0.25) is 0 Å². The molecule has 0 atom stereocenters. The zero-order valence-electron chi connectivity index (χ0n) is 8.40. The molecular weight excluding hydrogens is 207 g/mol. The molecule has 0 heterocycles. The molecule has 0 aliphatic rings. The van der Waals surface area contributed by atoms with Gasteiger partial charge in [-0.05, 0) is 0 Å². The Morgan fingerprint density at radius 2 is 1.18 bits per heavy atom. The summed E-state index contributed by atoms with van der Waals surface area (Å²) >= 11 is 5.98. The molecule has 0 saturated carbocycles. The highest BCUT2D eigenvalue weighted by Crippen LogP contribution is 2.37. The minimum Gasteiger partial charge on any atom is -0.437 e. The van der Waals surface area contributed by atoms with E-state index in [0.29, 0.717) is 0 Å². The third kappa shape index (κ3) is 4.07. The molecule has 0 aromatic carbocycles. The lowest BCUT2D eigenvalue weighted by molar-refractivity contribution is 1.46. The van der Waals surface area contributed by atoms with Crippen molar-refractivity contribution < 1.29 is 0 Å². The van der Waals surface area contributed by atoms with Gasteiger partial charge in [0.15, 0.2) is 0 Å². The average Bonchev–Trinajstić information content (AvgIpc) is 1.56. The van der Waals surface area contributed by atoms with Gasteiger partial charge in [-0.25, -0.2) is 0 Å². The van der Waals surface area contributed by atoms with E-state index in [9.17, 15) is 0 Å². The van der Waals surface area contributed by atoms with E-state index in [0.717, 1.165) is 12.8 Å². The van der Waals surface area contributed by atoms with Crippen LogP contribution in [0.1, 0.15) is 0 Å². The van der Waals surface area contributed by atoms with Crippen LogP contribution in [0.4, 0.5) is 0 Å². The predicted molar refractivity (Wildman–Crippen MR) is 63.3 cm³/mol. The predicted octanol–water partition coefficient (Wildman–Crippen LogP) is 4.21. The fourth-order valence-electron chi connectivity index (χ4n) is 1.59. The normalized spacial score (nSPS) is 15.3. The van der Waals surface area contributed by atoms with Crippen molar-refractivity contribution in [2.75, 3.05) is 0 Å². The summed E-state index contributed by atoms with van der Waals surface area (Å²) in [6.07, 6.45) is 0. The van der Waals surface area contributed by atoms with Crippen LogP contribution in [0.2, 0.25) is 39.3 Å². The monoisotopic (exact) mass is 225 g/mol. The molecule has 11 heavy (non-hydrogen) atoms. The van der Waals surface area contributed by atoms with Gasteiger partial charge in [-0.2, -0.15) is 4.91 Å². The van der Waals surface area contributed by atoms with Gasteiger partial charge in [-0.1, -0.05) is 39.3 Å². The second-order valence-corrected chi connectivity index (χ2v) is 18.7. The Bertz CT molecular complexity index is 111. The van der Waals surface area contributed by atoms with Crippen molar-refractivity contribution in [3.63, 3.8) is 0 Å². The van der Waals surface area contributed by atoms with Crippen molar-refractivity contribution in [3.05, 3.63) is 0 Å². The summed E-state index contributed by atoms with van der Waals surface area (Å²) in [5, 5.41) is 0. The van der Waals surface area contributed by atoms with Crippen LogP contribution in [0.5, 0.6) is 0 Å². The van der Waals surface area contributed by atoms with E-state index in [-0.39, 0.29) is 0 Å². The largest absolute Gasteiger partial charge is 0.437 e. The second-order valence-electron chi connectivity index (χ2n) is 5.23. The molecule has 0 spiro atoms. The van der Waals surface area contributed by atoms with Gasteiger partial charge in [0, 0.05) is 16.1 Å². The van der Waals surface area contributed by atoms with Crippen molar-refractivity contribution in [2.45, 2.75) is 44.2 Å². The quantitative estimate of drug-likeness (QED) is 0.499. The fraction of sp³-hybridized carbons (Fsp3) is 1.00. The van der Waals surface area contributed by atoms with E-state index in [4.69, 9.17) is 11.2 Å². The Morgan fingerprint density at radius 3 is 1.18 bits per heavy atom. The van der Waals surface area contributed by atoms with Gasteiger partial charge in [0.1, 0.15) is 0 Å². The van der Waals surface area contributed by atoms with Crippen LogP contribution in [-0.4, -0.2) is 21.1 Å². The van der Waals surface area contributed by atoms with Gasteiger partial charge in [-0.15, -0.1) is 0 Å². The van der Waals surface area contributed by atoms with Gasteiger partial charge in [0.25, 0.3) is 0 Å². The molecular formula is C7H19ClPSi2-. The molecule has 0 bridgehead atoms. The lowest BCUT2D eigenvalue weighted by Crippen LogP contribution is -2.50. The molecule has 4 heteroatoms. The molecule has 0 aromatic rings. The summed E-state index contributed by atoms with van der Waals surface area (Å²) < 4.78 is 0. The molecule has 0 aromatic heterocycles. The maximum absolute atomic E-state index is 5.98. The first-order chi connectivity index (χ1) is 4.69. The highest BCUT2D eigenvalue weighted by molar-refractivity contribution is 7.73. The molecule has 68 valence electrons. The minimum atomic E-state index is -1.00. The third-order valence-corrected chi connectivity index (χ3v) is 17.4. The van der Waals surface area contributed by atoms with Crippen LogP contribution >= 0.6 is 19.2 Å². The van der Waals surface area contributed by atoms with E-state index in [1.54, 1.807) is 0 Å². The van der Waals surface area contributed by atoms with Gasteiger partial charge in [-0.3, -0.25) is 0 Å². The first-order valence-electron chi connectivity index (χ1n) is 4.00. The molecule has 0 aliphatic heterocycles. The smallest absolute Gasteiger partial charge is 0.0176 e. The summed E-state index contributed by atoms with van der Waals surface area (Å²) in [6, 6.07) is 0. The molecule has 0 radical (unpaired) electrons. The topological polar surface area (TPSA) is 0 Å². The third-order valence-electron chi connectivity index (χ3n) is 1.74. The molecule has 0 saturated heterocycles. The average molecular weight is 226 g/mol. The van der Waals surface area contributed by atoms with Crippen molar-refractivity contribution in [2.24, 2.45) is 0 Å². The zero-order chi connectivity index (χ0) is 9.28. The molecule has 0 rings (SSSR count). The van der Waals surface area contributed by atoms with E-state index in [1.165, 1.54) is 0 Å². The maximum atomic E-state index is 5.98. The van der Waals surface area contributed by atoms with Crippen LogP contribution in [-0.2, 0) is 0 Å². The van der Waals surface area contributed by atoms with Crippen molar-refractivity contribution in [1.29, 1.82) is 0 Å². The molecule has 0 fully saturated rings. The highest BCUT2D eigenvalue weighted by Gasteiger charge is 2.29.